The van der Waals surface area contributed by atoms with Crippen LogP contribution >= 0.6 is 24.0 Å². The van der Waals surface area contributed by atoms with Crippen LogP contribution in [0.25, 0.3) is 0 Å². The molecule has 1 aliphatic heterocycles. The minimum atomic E-state index is -3.09. The number of hydrogen-bond donors (Lipinski definition) is 1. The minimum Gasteiger partial charge on any atom is -0.489 e. The number of rotatable bonds is 7. The fraction of sp³-hybridized carbons (Fsp3) is 0.611. The van der Waals surface area contributed by atoms with Crippen molar-refractivity contribution in [1.82, 2.24) is 14.5 Å². The molecule has 1 aromatic rings. The van der Waals surface area contributed by atoms with Crippen molar-refractivity contribution in [3.63, 3.8) is 0 Å². The van der Waals surface area contributed by atoms with Crippen molar-refractivity contribution < 1.29 is 17.5 Å². The van der Waals surface area contributed by atoms with Gasteiger partial charge in [-0.2, -0.15) is 0 Å². The molecular weight excluding hydrogens is 498 g/mol. The van der Waals surface area contributed by atoms with E-state index in [4.69, 9.17) is 4.74 Å². The van der Waals surface area contributed by atoms with E-state index in [1.54, 1.807) is 25.2 Å². The smallest absolute Gasteiger partial charge is 0.211 e. The quantitative estimate of drug-likeness (QED) is 0.333. The zero-order chi connectivity index (χ0) is 19.9. The third-order valence-corrected chi connectivity index (χ3v) is 5.99. The summed E-state index contributed by atoms with van der Waals surface area (Å²) in [6, 6.07) is 6.33. The van der Waals surface area contributed by atoms with Crippen LogP contribution in [0.3, 0.4) is 0 Å². The first-order valence-electron chi connectivity index (χ1n) is 9.05. The number of sulfonamides is 1. The highest BCUT2D eigenvalue weighted by Crippen LogP contribution is 2.18. The standard InChI is InChI=1S/C18H29FN4O3S.HI/c1-20-18(21-14-15-8-10-23(11-9-15)27(3,24)25)22(2)12-13-26-17-7-5-4-6-16(17)19;/h4-7,15H,8-14H2,1-3H3,(H,20,21);1H. The molecule has 0 aliphatic carbocycles. The van der Waals surface area contributed by atoms with Crippen LogP contribution in [0.4, 0.5) is 4.39 Å². The van der Waals surface area contributed by atoms with Crippen molar-refractivity contribution in [2.24, 2.45) is 10.9 Å². The molecule has 0 aromatic heterocycles. The highest BCUT2D eigenvalue weighted by Gasteiger charge is 2.25. The van der Waals surface area contributed by atoms with Gasteiger partial charge in [-0.05, 0) is 30.9 Å². The van der Waals surface area contributed by atoms with Crippen molar-refractivity contribution in [2.45, 2.75) is 12.8 Å². The Kier molecular flexibility index (Phi) is 10.5. The molecular formula is C18H30FIN4O3S. The van der Waals surface area contributed by atoms with Crippen LogP contribution in [0, 0.1) is 11.7 Å². The SMILES string of the molecule is CN=C(NCC1CCN(S(C)(=O)=O)CC1)N(C)CCOc1ccccc1F.I. The Morgan fingerprint density at radius 3 is 2.57 bits per heavy atom. The molecule has 160 valence electrons. The maximum Gasteiger partial charge on any atom is 0.211 e. The summed E-state index contributed by atoms with van der Waals surface area (Å²) in [5, 5.41) is 3.33. The number of likely N-dealkylation sites (N-methyl/N-ethyl adjacent to an activating group) is 1. The van der Waals surface area contributed by atoms with Gasteiger partial charge in [0, 0.05) is 33.7 Å². The van der Waals surface area contributed by atoms with E-state index in [-0.39, 0.29) is 35.5 Å². The molecule has 1 N–H and O–H groups in total. The average molecular weight is 528 g/mol. The number of nitrogens with zero attached hydrogens (tertiary/aromatic N) is 3. The van der Waals surface area contributed by atoms with Crippen molar-refractivity contribution in [1.29, 1.82) is 0 Å². The number of hydrogen-bond acceptors (Lipinski definition) is 4. The largest absolute Gasteiger partial charge is 0.489 e. The Balaban J connectivity index is 0.00000392. The van der Waals surface area contributed by atoms with E-state index in [9.17, 15) is 12.8 Å². The summed E-state index contributed by atoms with van der Waals surface area (Å²) in [4.78, 5) is 6.19. The number of para-hydroxylation sites is 1. The predicted octanol–water partition coefficient (Wildman–Crippen LogP) is 2.00. The first kappa shape index (κ1) is 24.9. The van der Waals surface area contributed by atoms with Crippen molar-refractivity contribution in [2.75, 3.05) is 53.1 Å². The number of guanidine groups is 1. The van der Waals surface area contributed by atoms with Gasteiger partial charge in [0.1, 0.15) is 6.61 Å². The molecule has 0 atom stereocenters. The molecule has 10 heteroatoms. The van der Waals surface area contributed by atoms with Gasteiger partial charge in [-0.15, -0.1) is 24.0 Å². The summed E-state index contributed by atoms with van der Waals surface area (Å²) in [5.74, 6) is 1.01. The molecule has 0 unspecified atom stereocenters. The van der Waals surface area contributed by atoms with E-state index in [0.29, 0.717) is 32.2 Å². The Bertz CT molecular complexity index is 740. The van der Waals surface area contributed by atoms with Gasteiger partial charge in [0.2, 0.25) is 10.0 Å². The molecule has 28 heavy (non-hydrogen) atoms. The zero-order valence-electron chi connectivity index (χ0n) is 16.6. The molecule has 7 nitrogen and oxygen atoms in total. The van der Waals surface area contributed by atoms with Crippen LogP contribution in [-0.4, -0.2) is 76.7 Å². The Morgan fingerprint density at radius 1 is 1.36 bits per heavy atom. The molecule has 1 heterocycles. The molecule has 0 spiro atoms. The monoisotopic (exact) mass is 528 g/mol. The third kappa shape index (κ3) is 7.70. The normalized spacial score (nSPS) is 16.4. The Morgan fingerprint density at radius 2 is 2.00 bits per heavy atom. The van der Waals surface area contributed by atoms with E-state index in [0.717, 1.165) is 25.3 Å². The molecule has 0 saturated carbocycles. The Hall–Kier alpha value is -1.14. The number of piperidine rings is 1. The van der Waals surface area contributed by atoms with Crippen LogP contribution in [0.15, 0.2) is 29.3 Å². The first-order valence-corrected chi connectivity index (χ1v) is 10.9. The lowest BCUT2D eigenvalue weighted by atomic mass is 9.98. The van der Waals surface area contributed by atoms with E-state index in [2.05, 4.69) is 10.3 Å². The van der Waals surface area contributed by atoms with Crippen LogP contribution < -0.4 is 10.1 Å². The molecule has 1 aromatic carbocycles. The maximum atomic E-state index is 13.6. The van der Waals surface area contributed by atoms with Crippen molar-refractivity contribution in [3.05, 3.63) is 30.1 Å². The van der Waals surface area contributed by atoms with Crippen LogP contribution in [0.1, 0.15) is 12.8 Å². The highest BCUT2D eigenvalue weighted by atomic mass is 127. The Labute approximate surface area is 184 Å². The first-order chi connectivity index (χ1) is 12.8. The summed E-state index contributed by atoms with van der Waals surface area (Å²) in [6.45, 7) is 2.76. The van der Waals surface area contributed by atoms with Gasteiger partial charge >= 0.3 is 0 Å². The van der Waals surface area contributed by atoms with E-state index >= 15 is 0 Å². The van der Waals surface area contributed by atoms with Crippen LogP contribution in [-0.2, 0) is 10.0 Å². The molecule has 0 amide bonds. The van der Waals surface area contributed by atoms with Crippen LogP contribution in [0.5, 0.6) is 5.75 Å². The summed E-state index contributed by atoms with van der Waals surface area (Å²) >= 11 is 0. The van der Waals surface area contributed by atoms with E-state index in [1.807, 2.05) is 11.9 Å². The van der Waals surface area contributed by atoms with Crippen molar-refractivity contribution in [3.8, 4) is 5.75 Å². The third-order valence-electron chi connectivity index (χ3n) is 4.69. The molecule has 0 bridgehead atoms. The predicted molar refractivity (Wildman–Crippen MR) is 120 cm³/mol. The van der Waals surface area contributed by atoms with E-state index < -0.39 is 10.0 Å². The topological polar surface area (TPSA) is 74.2 Å². The van der Waals surface area contributed by atoms with Crippen molar-refractivity contribution >= 4 is 40.0 Å². The van der Waals surface area contributed by atoms with Gasteiger partial charge in [0.15, 0.2) is 17.5 Å². The van der Waals surface area contributed by atoms with Gasteiger partial charge < -0.3 is 15.0 Å². The lowest BCUT2D eigenvalue weighted by Gasteiger charge is -2.31. The lowest BCUT2D eigenvalue weighted by molar-refractivity contribution is 0.262. The minimum absolute atomic E-state index is 0. The van der Waals surface area contributed by atoms with E-state index in [1.165, 1.54) is 16.6 Å². The summed E-state index contributed by atoms with van der Waals surface area (Å²) in [6.07, 6.45) is 2.92. The summed E-state index contributed by atoms with van der Waals surface area (Å²) in [5.41, 5.74) is 0. The average Bonchev–Trinajstić information content (AvgIpc) is 2.63. The maximum absolute atomic E-state index is 13.6. The van der Waals surface area contributed by atoms with Gasteiger partial charge in [0.25, 0.3) is 0 Å². The number of aliphatic imine (C=N–C) groups is 1. The second kappa shape index (κ2) is 11.8. The fourth-order valence-electron chi connectivity index (χ4n) is 3.03. The molecule has 0 radical (unpaired) electrons. The number of ether oxygens (including phenoxy) is 1. The fourth-order valence-corrected chi connectivity index (χ4v) is 3.90. The number of benzene rings is 1. The molecule has 1 aliphatic rings. The molecule has 2 rings (SSSR count). The summed E-state index contributed by atoms with van der Waals surface area (Å²) < 4.78 is 43.7. The van der Waals surface area contributed by atoms with Gasteiger partial charge in [-0.3, -0.25) is 4.99 Å². The highest BCUT2D eigenvalue weighted by molar-refractivity contribution is 14.0. The summed E-state index contributed by atoms with van der Waals surface area (Å²) in [7, 11) is 0.512. The second-order valence-electron chi connectivity index (χ2n) is 6.73. The second-order valence-corrected chi connectivity index (χ2v) is 8.72. The van der Waals surface area contributed by atoms with Gasteiger partial charge in [0.05, 0.1) is 12.8 Å². The molecule has 1 saturated heterocycles. The lowest BCUT2D eigenvalue weighted by Crippen LogP contribution is -2.45. The zero-order valence-corrected chi connectivity index (χ0v) is 19.7. The van der Waals surface area contributed by atoms with Gasteiger partial charge in [-0.25, -0.2) is 17.1 Å². The van der Waals surface area contributed by atoms with Gasteiger partial charge in [-0.1, -0.05) is 12.1 Å². The number of halogens is 2. The number of nitrogens with one attached hydrogen (secondary N) is 1. The molecule has 1 fully saturated rings. The van der Waals surface area contributed by atoms with Crippen LogP contribution in [0.2, 0.25) is 0 Å².